The van der Waals surface area contributed by atoms with Crippen molar-refractivity contribution in [3.63, 3.8) is 0 Å². The second kappa shape index (κ2) is 4.39. The van der Waals surface area contributed by atoms with Gasteiger partial charge in [-0.15, -0.1) is 0 Å². The largest absolute Gasteiger partial charge is 0.277 e. The van der Waals surface area contributed by atoms with E-state index in [9.17, 15) is 4.79 Å². The highest BCUT2D eigenvalue weighted by molar-refractivity contribution is 9.10. The Bertz CT molecular complexity index is 325. The number of rotatable bonds is 2. The minimum Gasteiger partial charge on any atom is -0.277 e. The maximum Gasteiger partial charge on any atom is 0.275 e. The van der Waals surface area contributed by atoms with Crippen molar-refractivity contribution >= 4 is 21.8 Å². The summed E-state index contributed by atoms with van der Waals surface area (Å²) in [4.78, 5) is 15.8. The number of hydrogen-bond acceptors (Lipinski definition) is 2. The van der Waals surface area contributed by atoms with Crippen molar-refractivity contribution in [1.29, 1.82) is 0 Å². The van der Waals surface area contributed by atoms with Crippen LogP contribution in [-0.4, -0.2) is 13.0 Å². The Labute approximate surface area is 85.2 Å². The molecular weight excluding hydrogens is 234 g/mol. The van der Waals surface area contributed by atoms with Gasteiger partial charge in [0.2, 0.25) is 0 Å². The fourth-order valence-corrected chi connectivity index (χ4v) is 1.63. The summed E-state index contributed by atoms with van der Waals surface area (Å²) in [6, 6.07) is 5.49. The number of hydrogen-bond donors (Lipinski definition) is 1. The third-order valence-electron chi connectivity index (χ3n) is 1.56. The lowest BCUT2D eigenvalue weighted by Crippen LogP contribution is -2.22. The van der Waals surface area contributed by atoms with Gasteiger partial charge >= 0.3 is 0 Å². The predicted octanol–water partition coefficient (Wildman–Crippen LogP) is 2.05. The number of hydroxylamine groups is 1. The molecule has 0 aliphatic rings. The summed E-state index contributed by atoms with van der Waals surface area (Å²) in [5, 5.41) is 0. The van der Waals surface area contributed by atoms with Crippen LogP contribution >= 0.6 is 15.9 Å². The van der Waals surface area contributed by atoms with Gasteiger partial charge < -0.3 is 0 Å². The molecule has 3 nitrogen and oxygen atoms in total. The molecule has 0 fully saturated rings. The first kappa shape index (κ1) is 10.2. The second-order valence-electron chi connectivity index (χ2n) is 2.62. The monoisotopic (exact) mass is 243 g/mol. The highest BCUT2D eigenvalue weighted by atomic mass is 79.9. The fraction of sp³-hybridized carbons (Fsp3) is 0.222. The fourth-order valence-electron chi connectivity index (χ4n) is 0.952. The zero-order valence-corrected chi connectivity index (χ0v) is 9.01. The Hall–Kier alpha value is -0.870. The summed E-state index contributed by atoms with van der Waals surface area (Å²) in [5.41, 5.74) is 3.91. The van der Waals surface area contributed by atoms with E-state index >= 15 is 0 Å². The second-order valence-corrected chi connectivity index (χ2v) is 3.47. The number of carbonyl (C=O) groups excluding carboxylic acids is 1. The molecule has 1 aromatic rings. The van der Waals surface area contributed by atoms with Gasteiger partial charge in [0.05, 0.1) is 12.7 Å². The minimum absolute atomic E-state index is 0.255. The average Bonchev–Trinajstić information content (AvgIpc) is 2.04. The zero-order chi connectivity index (χ0) is 9.84. The van der Waals surface area contributed by atoms with E-state index in [1.54, 1.807) is 6.07 Å². The van der Waals surface area contributed by atoms with Crippen LogP contribution in [0.4, 0.5) is 0 Å². The smallest absolute Gasteiger partial charge is 0.275 e. The molecule has 1 aromatic carbocycles. The lowest BCUT2D eigenvalue weighted by molar-refractivity contribution is 0.0537. The van der Waals surface area contributed by atoms with E-state index in [1.165, 1.54) is 7.11 Å². The Morgan fingerprint density at radius 2 is 2.23 bits per heavy atom. The number of nitrogens with one attached hydrogen (secondary N) is 1. The highest BCUT2D eigenvalue weighted by Gasteiger charge is 2.08. The molecule has 0 heterocycles. The van der Waals surface area contributed by atoms with E-state index in [0.29, 0.717) is 5.56 Å². The molecule has 0 aliphatic heterocycles. The maximum absolute atomic E-state index is 11.3. The van der Waals surface area contributed by atoms with Crippen LogP contribution in [0.5, 0.6) is 0 Å². The number of amides is 1. The molecule has 0 aromatic heterocycles. The molecule has 0 saturated carbocycles. The number of aryl methyl sites for hydroxylation is 1. The van der Waals surface area contributed by atoms with Crippen molar-refractivity contribution < 1.29 is 9.63 Å². The molecule has 1 amide bonds. The van der Waals surface area contributed by atoms with Crippen LogP contribution in [0.3, 0.4) is 0 Å². The van der Waals surface area contributed by atoms with Crippen molar-refractivity contribution in [2.75, 3.05) is 7.11 Å². The summed E-state index contributed by atoms with van der Waals surface area (Å²) in [5.74, 6) is -0.255. The van der Waals surface area contributed by atoms with Gasteiger partial charge in [-0.25, -0.2) is 5.48 Å². The van der Waals surface area contributed by atoms with E-state index in [2.05, 4.69) is 26.2 Å². The van der Waals surface area contributed by atoms with Crippen LogP contribution in [-0.2, 0) is 4.84 Å². The molecule has 0 bridgehead atoms. The molecule has 1 rings (SSSR count). The summed E-state index contributed by atoms with van der Waals surface area (Å²) in [6.07, 6.45) is 0. The molecule has 13 heavy (non-hydrogen) atoms. The van der Waals surface area contributed by atoms with Crippen molar-refractivity contribution in [3.05, 3.63) is 33.8 Å². The topological polar surface area (TPSA) is 38.3 Å². The van der Waals surface area contributed by atoms with Crippen molar-refractivity contribution in [3.8, 4) is 0 Å². The van der Waals surface area contributed by atoms with Crippen molar-refractivity contribution in [2.45, 2.75) is 6.92 Å². The molecule has 0 spiro atoms. The van der Waals surface area contributed by atoms with Crippen LogP contribution < -0.4 is 5.48 Å². The third kappa shape index (κ3) is 2.54. The molecule has 0 aliphatic carbocycles. The van der Waals surface area contributed by atoms with Crippen LogP contribution in [0.2, 0.25) is 0 Å². The number of benzene rings is 1. The molecule has 1 N–H and O–H groups in total. The molecule has 0 unspecified atom stereocenters. The lowest BCUT2D eigenvalue weighted by Gasteiger charge is -2.04. The maximum atomic E-state index is 11.3. The van der Waals surface area contributed by atoms with Gasteiger partial charge in [0.25, 0.3) is 5.91 Å². The van der Waals surface area contributed by atoms with Crippen molar-refractivity contribution in [2.24, 2.45) is 0 Å². The summed E-state index contributed by atoms with van der Waals surface area (Å²) in [7, 11) is 1.40. The summed E-state index contributed by atoms with van der Waals surface area (Å²) in [6.45, 7) is 1.96. The van der Waals surface area contributed by atoms with Crippen LogP contribution in [0.25, 0.3) is 0 Å². The van der Waals surface area contributed by atoms with E-state index in [0.717, 1.165) is 10.0 Å². The molecule has 0 saturated heterocycles. The predicted molar refractivity (Wildman–Crippen MR) is 53.4 cm³/mol. The standard InChI is InChI=1S/C9H10BrNO2/c1-6-3-4-7(8(10)5-6)9(12)11-13-2/h3-5H,1-2H3,(H,11,12). The third-order valence-corrected chi connectivity index (χ3v) is 2.22. The van der Waals surface area contributed by atoms with E-state index in [1.807, 2.05) is 19.1 Å². The number of carbonyl (C=O) groups is 1. The molecular formula is C9H10BrNO2. The zero-order valence-electron chi connectivity index (χ0n) is 7.43. The average molecular weight is 244 g/mol. The molecule has 0 atom stereocenters. The van der Waals surface area contributed by atoms with Crippen LogP contribution in [0, 0.1) is 6.92 Å². The quantitative estimate of drug-likeness (QED) is 0.808. The van der Waals surface area contributed by atoms with Crippen LogP contribution in [0.15, 0.2) is 22.7 Å². The van der Waals surface area contributed by atoms with Gasteiger partial charge in [-0.3, -0.25) is 9.63 Å². The van der Waals surface area contributed by atoms with E-state index < -0.39 is 0 Å². The Kier molecular flexibility index (Phi) is 3.45. The Balaban J connectivity index is 2.95. The summed E-state index contributed by atoms with van der Waals surface area (Å²) >= 11 is 3.30. The minimum atomic E-state index is -0.255. The Morgan fingerprint density at radius 1 is 1.54 bits per heavy atom. The van der Waals surface area contributed by atoms with Gasteiger partial charge in [-0.05, 0) is 40.5 Å². The lowest BCUT2D eigenvalue weighted by atomic mass is 10.1. The van der Waals surface area contributed by atoms with Gasteiger partial charge in [0.15, 0.2) is 0 Å². The molecule has 70 valence electrons. The van der Waals surface area contributed by atoms with Gasteiger partial charge in [-0.2, -0.15) is 0 Å². The Morgan fingerprint density at radius 3 is 2.77 bits per heavy atom. The van der Waals surface area contributed by atoms with E-state index in [4.69, 9.17) is 0 Å². The van der Waals surface area contributed by atoms with Crippen molar-refractivity contribution in [1.82, 2.24) is 5.48 Å². The molecule has 4 heteroatoms. The van der Waals surface area contributed by atoms with Gasteiger partial charge in [0.1, 0.15) is 0 Å². The van der Waals surface area contributed by atoms with E-state index in [-0.39, 0.29) is 5.91 Å². The number of halogens is 1. The summed E-state index contributed by atoms with van der Waals surface area (Å²) < 4.78 is 0.766. The van der Waals surface area contributed by atoms with Gasteiger partial charge in [0, 0.05) is 4.47 Å². The first-order chi connectivity index (χ1) is 6.15. The highest BCUT2D eigenvalue weighted by Crippen LogP contribution is 2.17. The molecule has 0 radical (unpaired) electrons. The SMILES string of the molecule is CONC(=O)c1ccc(C)cc1Br. The normalized spacial score (nSPS) is 9.77. The first-order valence-corrected chi connectivity index (χ1v) is 4.54. The van der Waals surface area contributed by atoms with Crippen LogP contribution in [0.1, 0.15) is 15.9 Å². The van der Waals surface area contributed by atoms with Gasteiger partial charge in [-0.1, -0.05) is 6.07 Å². The first-order valence-electron chi connectivity index (χ1n) is 3.74.